The predicted octanol–water partition coefficient (Wildman–Crippen LogP) is 3.88. The van der Waals surface area contributed by atoms with E-state index in [4.69, 9.17) is 0 Å². The Bertz CT molecular complexity index is 508. The zero-order valence-electron chi connectivity index (χ0n) is 13.4. The van der Waals surface area contributed by atoms with Crippen LogP contribution in [0.3, 0.4) is 0 Å². The molecule has 116 valence electrons. The van der Waals surface area contributed by atoms with Crippen LogP contribution in [-0.4, -0.2) is 17.0 Å². The smallest absolute Gasteiger partial charge is 0.139 e. The van der Waals surface area contributed by atoms with Crippen LogP contribution in [-0.2, 0) is 4.79 Å². The third-order valence-electron chi connectivity index (χ3n) is 7.74. The minimum Gasteiger partial charge on any atom is -0.393 e. The molecule has 2 heteroatoms. The molecule has 6 atom stereocenters. The fourth-order valence-electron chi connectivity index (χ4n) is 6.57. The van der Waals surface area contributed by atoms with Gasteiger partial charge in [-0.15, -0.1) is 0 Å². The maximum atomic E-state index is 12.4. The van der Waals surface area contributed by atoms with Crippen LogP contribution in [0.15, 0.2) is 11.6 Å². The summed E-state index contributed by atoms with van der Waals surface area (Å²) in [5.41, 5.74) is 1.79. The van der Waals surface area contributed by atoms with E-state index in [2.05, 4.69) is 19.9 Å². The third-order valence-corrected chi connectivity index (χ3v) is 7.74. The number of Topliss-reactive ketones (excluding diaryl/α,β-unsaturated/α-hetero) is 1. The molecular weight excluding hydrogens is 260 g/mol. The Morgan fingerprint density at radius 3 is 2.67 bits per heavy atom. The molecule has 0 unspecified atom stereocenters. The first-order valence-corrected chi connectivity index (χ1v) is 8.86. The number of fused-ring (bicyclic) bond motifs is 5. The van der Waals surface area contributed by atoms with Crippen molar-refractivity contribution in [3.05, 3.63) is 11.6 Å². The van der Waals surface area contributed by atoms with Crippen LogP contribution in [0.4, 0.5) is 0 Å². The molecule has 3 saturated carbocycles. The number of ketones is 1. The fraction of sp³-hybridized carbons (Fsp3) is 0.842. The number of aliphatic hydroxyl groups is 1. The van der Waals surface area contributed by atoms with Gasteiger partial charge in [-0.2, -0.15) is 0 Å². The summed E-state index contributed by atoms with van der Waals surface area (Å²) in [7, 11) is 0. The molecule has 4 aliphatic rings. The molecule has 3 fully saturated rings. The van der Waals surface area contributed by atoms with Crippen LogP contribution in [0.1, 0.15) is 65.2 Å². The van der Waals surface area contributed by atoms with Gasteiger partial charge < -0.3 is 5.11 Å². The Morgan fingerprint density at radius 2 is 1.86 bits per heavy atom. The lowest BCUT2D eigenvalue weighted by molar-refractivity contribution is -0.132. The minimum atomic E-state index is -0.156. The zero-order valence-corrected chi connectivity index (χ0v) is 13.4. The lowest BCUT2D eigenvalue weighted by Gasteiger charge is -2.57. The van der Waals surface area contributed by atoms with E-state index >= 15 is 0 Å². The van der Waals surface area contributed by atoms with Crippen molar-refractivity contribution in [2.75, 3.05) is 0 Å². The number of carbonyl (C=O) groups is 1. The topological polar surface area (TPSA) is 37.3 Å². The Kier molecular flexibility index (Phi) is 2.96. The molecule has 2 nitrogen and oxygen atoms in total. The Labute approximate surface area is 128 Å². The molecule has 0 aliphatic heterocycles. The van der Waals surface area contributed by atoms with E-state index in [-0.39, 0.29) is 16.9 Å². The predicted molar refractivity (Wildman–Crippen MR) is 82.7 cm³/mol. The van der Waals surface area contributed by atoms with Gasteiger partial charge in [0.1, 0.15) is 5.78 Å². The van der Waals surface area contributed by atoms with E-state index in [1.54, 1.807) is 5.57 Å². The number of hydrogen-bond acceptors (Lipinski definition) is 2. The fourth-order valence-corrected chi connectivity index (χ4v) is 6.57. The molecule has 0 saturated heterocycles. The summed E-state index contributed by atoms with van der Waals surface area (Å²) in [4.78, 5) is 12.4. The van der Waals surface area contributed by atoms with Gasteiger partial charge in [0, 0.05) is 11.8 Å². The molecule has 4 aliphatic carbocycles. The van der Waals surface area contributed by atoms with Crippen molar-refractivity contribution in [1.29, 1.82) is 0 Å². The summed E-state index contributed by atoms with van der Waals surface area (Å²) in [5, 5.41) is 10.2. The van der Waals surface area contributed by atoms with Crippen molar-refractivity contribution in [1.82, 2.24) is 0 Å². The number of allylic oxidation sites excluding steroid dienone is 1. The molecule has 0 aromatic carbocycles. The molecule has 0 aromatic rings. The lowest BCUT2D eigenvalue weighted by Crippen LogP contribution is -2.51. The number of aliphatic hydroxyl groups excluding tert-OH is 1. The molecule has 0 amide bonds. The van der Waals surface area contributed by atoms with Crippen LogP contribution in [0, 0.1) is 28.6 Å². The molecule has 1 N–H and O–H groups in total. The van der Waals surface area contributed by atoms with Gasteiger partial charge in [0.25, 0.3) is 0 Å². The molecule has 0 spiro atoms. The molecule has 0 radical (unpaired) electrons. The Hall–Kier alpha value is -0.630. The molecule has 0 bridgehead atoms. The molecule has 0 aromatic heterocycles. The van der Waals surface area contributed by atoms with E-state index < -0.39 is 0 Å². The van der Waals surface area contributed by atoms with E-state index in [1.807, 2.05) is 0 Å². The summed E-state index contributed by atoms with van der Waals surface area (Å²) in [5.74, 6) is 2.54. The maximum Gasteiger partial charge on any atom is 0.139 e. The van der Waals surface area contributed by atoms with Crippen molar-refractivity contribution in [3.63, 3.8) is 0 Å². The summed E-state index contributed by atoms with van der Waals surface area (Å²) in [6, 6.07) is 0. The van der Waals surface area contributed by atoms with E-state index in [9.17, 15) is 9.90 Å². The minimum absolute atomic E-state index is 0.0218. The summed E-state index contributed by atoms with van der Waals surface area (Å²) in [6.07, 6.45) is 10.6. The first-order valence-electron chi connectivity index (χ1n) is 8.86. The standard InChI is InChI=1S/C19H28O2/c1-18-10-9-16-14(15(18)7-8-17(18)21)6-4-12-3-5-13(20)11-19(12,16)2/h3,13-16,20H,4-11H2,1-2H3/t13-,14+,15+,16+,18+,19+/m1/s1. The molecule has 4 rings (SSSR count). The van der Waals surface area contributed by atoms with Crippen molar-refractivity contribution in [2.45, 2.75) is 71.3 Å². The second-order valence-electron chi connectivity index (χ2n) is 8.57. The van der Waals surface area contributed by atoms with Gasteiger partial charge in [-0.05, 0) is 68.1 Å². The van der Waals surface area contributed by atoms with Crippen molar-refractivity contribution in [2.24, 2.45) is 28.6 Å². The number of carbonyl (C=O) groups excluding carboxylic acids is 1. The van der Waals surface area contributed by atoms with E-state index in [0.717, 1.165) is 32.1 Å². The van der Waals surface area contributed by atoms with Gasteiger partial charge in [0.2, 0.25) is 0 Å². The second-order valence-corrected chi connectivity index (χ2v) is 8.57. The highest BCUT2D eigenvalue weighted by Crippen LogP contribution is 2.64. The van der Waals surface area contributed by atoms with Crippen LogP contribution in [0.2, 0.25) is 0 Å². The average molecular weight is 288 g/mol. The van der Waals surface area contributed by atoms with Crippen LogP contribution in [0.25, 0.3) is 0 Å². The SMILES string of the molecule is C[C@]12C[C@H](O)CC=C1CC[C@@H]1[C@@H]2CC[C@]2(C)C(=O)CC[C@@H]12. The summed E-state index contributed by atoms with van der Waals surface area (Å²) < 4.78 is 0. The highest BCUT2D eigenvalue weighted by molar-refractivity contribution is 5.87. The normalized spacial score (nSPS) is 52.7. The number of rotatable bonds is 0. The van der Waals surface area contributed by atoms with Gasteiger partial charge in [0.15, 0.2) is 0 Å². The van der Waals surface area contributed by atoms with Gasteiger partial charge in [-0.3, -0.25) is 4.79 Å². The van der Waals surface area contributed by atoms with Crippen LogP contribution >= 0.6 is 0 Å². The number of hydrogen-bond donors (Lipinski definition) is 1. The van der Waals surface area contributed by atoms with E-state index in [1.165, 1.54) is 19.3 Å². The highest BCUT2D eigenvalue weighted by atomic mass is 16.3. The van der Waals surface area contributed by atoms with Crippen molar-refractivity contribution >= 4 is 5.78 Å². The Morgan fingerprint density at radius 1 is 1.10 bits per heavy atom. The van der Waals surface area contributed by atoms with Crippen molar-refractivity contribution in [3.8, 4) is 0 Å². The third kappa shape index (κ3) is 1.78. The zero-order chi connectivity index (χ0) is 14.8. The van der Waals surface area contributed by atoms with E-state index in [0.29, 0.717) is 23.5 Å². The summed E-state index contributed by atoms with van der Waals surface area (Å²) >= 11 is 0. The van der Waals surface area contributed by atoms with Gasteiger partial charge in [0.05, 0.1) is 6.10 Å². The first-order chi connectivity index (χ1) is 9.95. The molecule has 0 heterocycles. The highest BCUT2D eigenvalue weighted by Gasteiger charge is 2.58. The maximum absolute atomic E-state index is 12.4. The van der Waals surface area contributed by atoms with Crippen molar-refractivity contribution < 1.29 is 9.90 Å². The van der Waals surface area contributed by atoms with Gasteiger partial charge in [-0.25, -0.2) is 0 Å². The van der Waals surface area contributed by atoms with Crippen LogP contribution < -0.4 is 0 Å². The largest absolute Gasteiger partial charge is 0.393 e. The molecular formula is C19H28O2. The summed E-state index contributed by atoms with van der Waals surface area (Å²) in [6.45, 7) is 4.64. The Balaban J connectivity index is 1.70. The molecule has 21 heavy (non-hydrogen) atoms. The van der Waals surface area contributed by atoms with Gasteiger partial charge in [-0.1, -0.05) is 25.5 Å². The quantitative estimate of drug-likeness (QED) is 0.687. The monoisotopic (exact) mass is 288 g/mol. The van der Waals surface area contributed by atoms with Crippen LogP contribution in [0.5, 0.6) is 0 Å². The van der Waals surface area contributed by atoms with Gasteiger partial charge >= 0.3 is 0 Å². The lowest BCUT2D eigenvalue weighted by atomic mass is 9.47. The second kappa shape index (κ2) is 4.44. The average Bonchev–Trinajstić information content (AvgIpc) is 2.74. The first kappa shape index (κ1) is 14.0.